The second-order valence-corrected chi connectivity index (χ2v) is 4.47. The van der Waals surface area contributed by atoms with Crippen LogP contribution >= 0.6 is 0 Å². The molecule has 2 rings (SSSR count). The van der Waals surface area contributed by atoms with E-state index in [1.54, 1.807) is 0 Å². The van der Waals surface area contributed by atoms with E-state index in [0.717, 1.165) is 5.54 Å². The van der Waals surface area contributed by atoms with Crippen molar-refractivity contribution in [3.05, 3.63) is 41.0 Å². The van der Waals surface area contributed by atoms with E-state index in [4.69, 9.17) is 0 Å². The van der Waals surface area contributed by atoms with E-state index in [-0.39, 0.29) is 0 Å². The molecule has 0 aliphatic heterocycles. The maximum absolute atomic E-state index is 2.32. The molecule has 0 radical (unpaired) electrons. The molecule has 56 valence electrons. The van der Waals surface area contributed by atoms with Gasteiger partial charge in [-0.2, -0.15) is 0 Å². The number of fused-ring (bicyclic) bond motifs is 1. The zero-order valence-electron chi connectivity index (χ0n) is 6.96. The number of hydrogen-bond acceptors (Lipinski definition) is 0. The van der Waals surface area contributed by atoms with Crippen LogP contribution in [0, 0.1) is 6.92 Å². The molecular weight excluding hydrogens is 148 g/mol. The van der Waals surface area contributed by atoms with Crippen LogP contribution in [0.15, 0.2) is 24.3 Å². The molecule has 0 saturated carbocycles. The molecule has 0 saturated heterocycles. The Balaban J connectivity index is 2.65. The summed E-state index contributed by atoms with van der Waals surface area (Å²) in [5, 5.41) is 0. The van der Waals surface area contributed by atoms with Gasteiger partial charge >= 0.3 is 0 Å². The average molecular weight is 160 g/mol. The second-order valence-electron chi connectivity index (χ2n) is 3.23. The van der Waals surface area contributed by atoms with E-state index in [2.05, 4.69) is 37.3 Å². The quantitative estimate of drug-likeness (QED) is 0.504. The first-order valence-corrected chi connectivity index (χ1v) is 5.22. The molecule has 1 heteroatoms. The van der Waals surface area contributed by atoms with Crippen LogP contribution in [0.3, 0.4) is 0 Å². The molecule has 0 N–H and O–H groups in total. The molecule has 0 nitrogen and oxygen atoms in total. The van der Waals surface area contributed by atoms with Crippen LogP contribution in [0.2, 0.25) is 0 Å². The van der Waals surface area contributed by atoms with Crippen molar-refractivity contribution < 1.29 is 0 Å². The molecule has 0 fully saturated rings. The Labute approximate surface area is 70.4 Å². The fourth-order valence-corrected chi connectivity index (χ4v) is 2.37. The summed E-state index contributed by atoms with van der Waals surface area (Å²) in [6.07, 6.45) is 4.59. The van der Waals surface area contributed by atoms with Gasteiger partial charge in [0.15, 0.2) is 0 Å². The highest BCUT2D eigenvalue weighted by atomic mass is 28.1. The first-order valence-electron chi connectivity index (χ1n) is 4.07. The van der Waals surface area contributed by atoms with Gasteiger partial charge < -0.3 is 0 Å². The molecule has 0 amide bonds. The molecular formula is C10H12Si. The lowest BCUT2D eigenvalue weighted by atomic mass is 10.0. The summed E-state index contributed by atoms with van der Waals surface area (Å²) >= 11 is 0. The van der Waals surface area contributed by atoms with Gasteiger partial charge in [0.05, 0.1) is 0 Å². The van der Waals surface area contributed by atoms with Crippen LogP contribution in [-0.4, -0.2) is 10.2 Å². The van der Waals surface area contributed by atoms with Gasteiger partial charge in [-0.3, -0.25) is 0 Å². The van der Waals surface area contributed by atoms with Gasteiger partial charge in [-0.25, -0.2) is 0 Å². The predicted molar refractivity (Wildman–Crippen MR) is 52.9 cm³/mol. The molecule has 1 aliphatic rings. The van der Waals surface area contributed by atoms with Crippen LogP contribution < -0.4 is 0 Å². The van der Waals surface area contributed by atoms with Crippen LogP contribution in [0.4, 0.5) is 0 Å². The summed E-state index contributed by atoms with van der Waals surface area (Å²) in [5.41, 5.74) is 5.17. The van der Waals surface area contributed by atoms with Crippen LogP contribution in [0.25, 0.3) is 6.08 Å². The van der Waals surface area contributed by atoms with Crippen molar-refractivity contribution in [1.82, 2.24) is 0 Å². The highest BCUT2D eigenvalue weighted by Crippen LogP contribution is 2.29. The highest BCUT2D eigenvalue weighted by Gasteiger charge is 2.12. The van der Waals surface area contributed by atoms with Crippen molar-refractivity contribution in [2.75, 3.05) is 0 Å². The standard InChI is InChI=1S/C10H12Si/c1-7-3-2-4-9-8(7)5-6-10(9)11/h2-6,10H,1,11H3. The van der Waals surface area contributed by atoms with Gasteiger partial charge in [-0.1, -0.05) is 30.4 Å². The highest BCUT2D eigenvalue weighted by molar-refractivity contribution is 6.15. The summed E-state index contributed by atoms with van der Waals surface area (Å²) in [6, 6.07) is 6.59. The smallest absolute Gasteiger partial charge is 0.0171 e. The molecule has 0 heterocycles. The molecule has 1 unspecified atom stereocenters. The maximum Gasteiger partial charge on any atom is 0.0171 e. The fourth-order valence-electron chi connectivity index (χ4n) is 1.67. The minimum Gasteiger partial charge on any atom is -0.0801 e. The molecule has 1 aromatic rings. The normalized spacial score (nSPS) is 20.6. The van der Waals surface area contributed by atoms with Gasteiger partial charge in [0.1, 0.15) is 0 Å². The largest absolute Gasteiger partial charge is 0.0801 e. The van der Waals surface area contributed by atoms with Crippen molar-refractivity contribution in [3.63, 3.8) is 0 Å². The number of benzene rings is 1. The lowest BCUT2D eigenvalue weighted by Crippen LogP contribution is -1.92. The van der Waals surface area contributed by atoms with E-state index >= 15 is 0 Å². The number of rotatable bonds is 0. The Morgan fingerprint density at radius 3 is 2.91 bits per heavy atom. The summed E-state index contributed by atoms with van der Waals surface area (Å²) in [4.78, 5) is 0. The summed E-state index contributed by atoms with van der Waals surface area (Å²) in [5.74, 6) is 0. The number of aryl methyl sites for hydroxylation is 1. The van der Waals surface area contributed by atoms with E-state index < -0.39 is 0 Å². The number of hydrogen-bond donors (Lipinski definition) is 0. The topological polar surface area (TPSA) is 0 Å². The molecule has 1 atom stereocenters. The molecule has 0 spiro atoms. The third kappa shape index (κ3) is 0.961. The molecule has 0 bridgehead atoms. The average Bonchev–Trinajstić information content (AvgIpc) is 2.35. The van der Waals surface area contributed by atoms with Crippen molar-refractivity contribution in [2.45, 2.75) is 12.5 Å². The third-order valence-electron chi connectivity index (χ3n) is 2.40. The minimum atomic E-state index is 0.755. The Hall–Kier alpha value is -0.823. The SMILES string of the molecule is Cc1cccc2c1C=CC2[SiH3]. The Kier molecular flexibility index (Phi) is 1.46. The Morgan fingerprint density at radius 2 is 2.18 bits per heavy atom. The Bertz CT molecular complexity index is 313. The van der Waals surface area contributed by atoms with Gasteiger partial charge in [0, 0.05) is 10.2 Å². The van der Waals surface area contributed by atoms with Crippen molar-refractivity contribution >= 4 is 16.3 Å². The summed E-state index contributed by atoms with van der Waals surface area (Å²) in [6.45, 7) is 2.18. The predicted octanol–water partition coefficient (Wildman–Crippen LogP) is 1.43. The van der Waals surface area contributed by atoms with Crippen molar-refractivity contribution in [1.29, 1.82) is 0 Å². The van der Waals surface area contributed by atoms with Crippen LogP contribution in [0.5, 0.6) is 0 Å². The Morgan fingerprint density at radius 1 is 1.36 bits per heavy atom. The second kappa shape index (κ2) is 2.34. The van der Waals surface area contributed by atoms with Crippen molar-refractivity contribution in [2.24, 2.45) is 0 Å². The maximum atomic E-state index is 2.32. The third-order valence-corrected chi connectivity index (χ3v) is 3.41. The monoisotopic (exact) mass is 160 g/mol. The first-order chi connectivity index (χ1) is 5.29. The van der Waals surface area contributed by atoms with Crippen molar-refractivity contribution in [3.8, 4) is 0 Å². The molecule has 0 aromatic heterocycles. The molecule has 11 heavy (non-hydrogen) atoms. The van der Waals surface area contributed by atoms with Gasteiger partial charge in [-0.15, -0.1) is 0 Å². The first kappa shape index (κ1) is 6.86. The zero-order chi connectivity index (χ0) is 7.84. The van der Waals surface area contributed by atoms with Gasteiger partial charge in [0.2, 0.25) is 0 Å². The van der Waals surface area contributed by atoms with E-state index in [9.17, 15) is 0 Å². The van der Waals surface area contributed by atoms with Crippen LogP contribution in [-0.2, 0) is 0 Å². The van der Waals surface area contributed by atoms with Gasteiger partial charge in [-0.05, 0) is 29.2 Å². The van der Waals surface area contributed by atoms with E-state index in [1.807, 2.05) is 0 Å². The van der Waals surface area contributed by atoms with Gasteiger partial charge in [0.25, 0.3) is 0 Å². The summed E-state index contributed by atoms with van der Waals surface area (Å²) in [7, 11) is 1.24. The van der Waals surface area contributed by atoms with E-state index in [1.165, 1.54) is 26.9 Å². The fraction of sp³-hybridized carbons (Fsp3) is 0.200. The lowest BCUT2D eigenvalue weighted by Gasteiger charge is -2.05. The van der Waals surface area contributed by atoms with Crippen LogP contribution in [0.1, 0.15) is 22.2 Å². The molecule has 1 aliphatic carbocycles. The number of allylic oxidation sites excluding steroid dienone is 1. The minimum absolute atomic E-state index is 0.755. The zero-order valence-corrected chi connectivity index (χ0v) is 8.96. The molecule has 1 aromatic carbocycles. The van der Waals surface area contributed by atoms with E-state index in [0.29, 0.717) is 0 Å². The summed E-state index contributed by atoms with van der Waals surface area (Å²) < 4.78 is 0. The lowest BCUT2D eigenvalue weighted by molar-refractivity contribution is 1.23.